The predicted molar refractivity (Wildman–Crippen MR) is 84.6 cm³/mol. The van der Waals surface area contributed by atoms with Crippen LogP contribution in [-0.4, -0.2) is 5.78 Å². The predicted octanol–water partition coefficient (Wildman–Crippen LogP) is 4.85. The standard InChI is InChI=1S/C19H20O/c1-15(17-9-5-3-6-10-17)13-19(14-16(2)20)18-11-7-4-8-12-18/h3-13,19H,14H2,1-2H3/b15-13+. The molecule has 0 bridgehead atoms. The van der Waals surface area contributed by atoms with E-state index in [0.717, 1.165) is 0 Å². The van der Waals surface area contributed by atoms with Gasteiger partial charge in [-0.25, -0.2) is 0 Å². The van der Waals surface area contributed by atoms with Gasteiger partial charge in [-0.3, -0.25) is 4.79 Å². The maximum absolute atomic E-state index is 11.5. The van der Waals surface area contributed by atoms with Gasteiger partial charge < -0.3 is 0 Å². The minimum absolute atomic E-state index is 0.147. The molecule has 0 aliphatic rings. The summed E-state index contributed by atoms with van der Waals surface area (Å²) in [5.41, 5.74) is 3.61. The monoisotopic (exact) mass is 264 g/mol. The number of ketones is 1. The molecule has 1 nitrogen and oxygen atoms in total. The lowest BCUT2D eigenvalue weighted by Crippen LogP contribution is -2.02. The fraction of sp³-hybridized carbons (Fsp3) is 0.211. The molecular weight excluding hydrogens is 244 g/mol. The average molecular weight is 264 g/mol. The second kappa shape index (κ2) is 6.85. The highest BCUT2D eigenvalue weighted by atomic mass is 16.1. The number of benzene rings is 2. The van der Waals surface area contributed by atoms with Gasteiger partial charge in [-0.15, -0.1) is 0 Å². The van der Waals surface area contributed by atoms with Crippen molar-refractivity contribution >= 4 is 11.4 Å². The minimum atomic E-state index is 0.147. The smallest absolute Gasteiger partial charge is 0.130 e. The molecule has 0 heterocycles. The molecule has 0 saturated heterocycles. The van der Waals surface area contributed by atoms with Crippen LogP contribution in [0.5, 0.6) is 0 Å². The number of hydrogen-bond acceptors (Lipinski definition) is 1. The van der Waals surface area contributed by atoms with Gasteiger partial charge in [-0.1, -0.05) is 66.7 Å². The zero-order chi connectivity index (χ0) is 14.4. The lowest BCUT2D eigenvalue weighted by atomic mass is 9.91. The van der Waals surface area contributed by atoms with Gasteiger partial charge in [0.25, 0.3) is 0 Å². The summed E-state index contributed by atoms with van der Waals surface area (Å²) in [4.78, 5) is 11.5. The van der Waals surface area contributed by atoms with E-state index in [4.69, 9.17) is 0 Å². The van der Waals surface area contributed by atoms with E-state index >= 15 is 0 Å². The van der Waals surface area contributed by atoms with E-state index in [1.807, 2.05) is 36.4 Å². The third kappa shape index (κ3) is 3.92. The average Bonchev–Trinajstić information content (AvgIpc) is 2.48. The number of carbonyl (C=O) groups is 1. The van der Waals surface area contributed by atoms with E-state index in [1.54, 1.807) is 6.92 Å². The molecule has 0 aromatic heterocycles. The maximum atomic E-state index is 11.5. The van der Waals surface area contributed by atoms with Crippen molar-refractivity contribution < 1.29 is 4.79 Å². The van der Waals surface area contributed by atoms with Crippen molar-refractivity contribution in [1.29, 1.82) is 0 Å². The van der Waals surface area contributed by atoms with E-state index in [0.29, 0.717) is 6.42 Å². The first kappa shape index (κ1) is 14.3. The van der Waals surface area contributed by atoms with Crippen molar-refractivity contribution in [3.8, 4) is 0 Å². The van der Waals surface area contributed by atoms with Gasteiger partial charge in [0.1, 0.15) is 5.78 Å². The van der Waals surface area contributed by atoms with Crippen LogP contribution in [0.3, 0.4) is 0 Å². The van der Waals surface area contributed by atoms with Crippen molar-refractivity contribution in [2.24, 2.45) is 0 Å². The number of hydrogen-bond donors (Lipinski definition) is 0. The van der Waals surface area contributed by atoms with Crippen LogP contribution in [0.2, 0.25) is 0 Å². The van der Waals surface area contributed by atoms with Gasteiger partial charge in [0.15, 0.2) is 0 Å². The molecule has 0 aliphatic carbocycles. The fourth-order valence-corrected chi connectivity index (χ4v) is 2.38. The van der Waals surface area contributed by atoms with Crippen LogP contribution in [0.4, 0.5) is 0 Å². The first-order valence-electron chi connectivity index (χ1n) is 6.95. The Hall–Kier alpha value is -2.15. The normalized spacial score (nSPS) is 13.0. The second-order valence-electron chi connectivity index (χ2n) is 5.14. The van der Waals surface area contributed by atoms with Gasteiger partial charge in [-0.2, -0.15) is 0 Å². The fourth-order valence-electron chi connectivity index (χ4n) is 2.38. The molecule has 0 spiro atoms. The topological polar surface area (TPSA) is 17.1 Å². The molecule has 2 aromatic rings. The summed E-state index contributed by atoms with van der Waals surface area (Å²) in [6.45, 7) is 3.76. The third-order valence-corrected chi connectivity index (χ3v) is 3.42. The van der Waals surface area contributed by atoms with Crippen molar-refractivity contribution in [3.05, 3.63) is 77.9 Å². The highest BCUT2D eigenvalue weighted by Crippen LogP contribution is 2.26. The van der Waals surface area contributed by atoms with E-state index in [-0.39, 0.29) is 11.7 Å². The molecule has 20 heavy (non-hydrogen) atoms. The molecule has 2 aromatic carbocycles. The molecule has 0 aliphatic heterocycles. The van der Waals surface area contributed by atoms with E-state index in [9.17, 15) is 4.79 Å². The molecule has 0 N–H and O–H groups in total. The highest BCUT2D eigenvalue weighted by molar-refractivity contribution is 5.77. The summed E-state index contributed by atoms with van der Waals surface area (Å²) in [5, 5.41) is 0. The molecular formula is C19H20O. The van der Waals surface area contributed by atoms with Crippen LogP contribution in [0.1, 0.15) is 37.3 Å². The van der Waals surface area contributed by atoms with Gasteiger partial charge in [0.05, 0.1) is 0 Å². The zero-order valence-corrected chi connectivity index (χ0v) is 12.0. The Bertz CT molecular complexity index is 582. The molecule has 0 amide bonds. The van der Waals surface area contributed by atoms with Crippen LogP contribution < -0.4 is 0 Å². The minimum Gasteiger partial charge on any atom is -0.300 e. The van der Waals surface area contributed by atoms with E-state index < -0.39 is 0 Å². The molecule has 1 unspecified atom stereocenters. The van der Waals surface area contributed by atoms with Crippen molar-refractivity contribution in [2.45, 2.75) is 26.2 Å². The van der Waals surface area contributed by atoms with Crippen molar-refractivity contribution in [2.75, 3.05) is 0 Å². The Morgan fingerprint density at radius 2 is 1.50 bits per heavy atom. The number of Topliss-reactive ketones (excluding diaryl/α,β-unsaturated/α-hetero) is 1. The Morgan fingerprint density at radius 1 is 0.950 bits per heavy atom. The Balaban J connectivity index is 2.30. The van der Waals surface area contributed by atoms with Crippen LogP contribution in [0.15, 0.2) is 66.7 Å². The molecule has 102 valence electrons. The van der Waals surface area contributed by atoms with Crippen molar-refractivity contribution in [3.63, 3.8) is 0 Å². The second-order valence-corrected chi connectivity index (χ2v) is 5.14. The van der Waals surface area contributed by atoms with E-state index in [1.165, 1.54) is 16.7 Å². The molecule has 2 rings (SSSR count). The van der Waals surface area contributed by atoms with Crippen LogP contribution in [0, 0.1) is 0 Å². The summed E-state index contributed by atoms with van der Waals surface area (Å²) in [7, 11) is 0. The summed E-state index contributed by atoms with van der Waals surface area (Å²) in [6, 6.07) is 20.5. The lowest BCUT2D eigenvalue weighted by Gasteiger charge is -2.13. The molecule has 1 atom stereocenters. The van der Waals surface area contributed by atoms with Gasteiger partial charge in [0, 0.05) is 12.3 Å². The SMILES string of the molecule is CC(=O)CC(/C=C(\C)c1ccccc1)c1ccccc1. The summed E-state index contributed by atoms with van der Waals surface area (Å²) in [6.07, 6.45) is 2.75. The Labute approximate surface area is 121 Å². The first-order valence-corrected chi connectivity index (χ1v) is 6.95. The number of rotatable bonds is 5. The van der Waals surface area contributed by atoms with Crippen LogP contribution in [-0.2, 0) is 4.79 Å². The van der Waals surface area contributed by atoms with Gasteiger partial charge >= 0.3 is 0 Å². The van der Waals surface area contributed by atoms with Crippen LogP contribution in [0.25, 0.3) is 5.57 Å². The number of carbonyl (C=O) groups excluding carboxylic acids is 1. The van der Waals surface area contributed by atoms with E-state index in [2.05, 4.69) is 37.3 Å². The third-order valence-electron chi connectivity index (χ3n) is 3.42. The van der Waals surface area contributed by atoms with Crippen LogP contribution >= 0.6 is 0 Å². The van der Waals surface area contributed by atoms with Gasteiger partial charge in [0.2, 0.25) is 0 Å². The molecule has 0 saturated carbocycles. The summed E-state index contributed by atoms with van der Waals surface area (Å²) in [5.74, 6) is 0.366. The quantitative estimate of drug-likeness (QED) is 0.754. The Kier molecular flexibility index (Phi) is 4.89. The molecule has 0 radical (unpaired) electrons. The number of allylic oxidation sites excluding steroid dienone is 2. The van der Waals surface area contributed by atoms with Gasteiger partial charge in [-0.05, 0) is 30.5 Å². The maximum Gasteiger partial charge on any atom is 0.130 e. The summed E-state index contributed by atoms with van der Waals surface area (Å²) >= 11 is 0. The molecule has 1 heteroatoms. The van der Waals surface area contributed by atoms with Crippen molar-refractivity contribution in [1.82, 2.24) is 0 Å². The summed E-state index contributed by atoms with van der Waals surface area (Å²) < 4.78 is 0. The highest BCUT2D eigenvalue weighted by Gasteiger charge is 2.11. The zero-order valence-electron chi connectivity index (χ0n) is 12.0. The largest absolute Gasteiger partial charge is 0.300 e. The molecule has 0 fully saturated rings. The lowest BCUT2D eigenvalue weighted by molar-refractivity contribution is -0.117. The Morgan fingerprint density at radius 3 is 2.05 bits per heavy atom. The first-order chi connectivity index (χ1) is 9.66.